The molecule has 3 aromatic carbocycles. The average Bonchev–Trinajstić information content (AvgIpc) is 2.67. The number of pyridine rings is 1. The Morgan fingerprint density at radius 1 is 0.625 bits per heavy atom. The third kappa shape index (κ3) is 3.02. The van der Waals surface area contributed by atoms with Crippen LogP contribution in [0.25, 0.3) is 10.9 Å². The molecule has 0 aliphatic heterocycles. The maximum Gasteiger partial charge on any atom is 0.150 e. The first-order chi connectivity index (χ1) is 11.9. The van der Waals surface area contributed by atoms with Crippen LogP contribution in [0.2, 0.25) is 0 Å². The molecule has 1 heterocycles. The molecule has 4 aromatic rings. The Morgan fingerprint density at radius 2 is 1.25 bits per heavy atom. The number of benzene rings is 3. The van der Waals surface area contributed by atoms with E-state index in [0.29, 0.717) is 0 Å². The lowest BCUT2D eigenvalue weighted by molar-refractivity contribution is 0.635. The molecule has 0 N–H and O–H groups in total. The second-order valence-electron chi connectivity index (χ2n) is 5.39. The molecule has 3 heteroatoms. The van der Waals surface area contributed by atoms with Crippen molar-refractivity contribution in [3.8, 4) is 5.75 Å². The fraction of sp³-hybridized carbons (Fsp3) is 0. The lowest BCUT2D eigenvalue weighted by Crippen LogP contribution is -2.15. The van der Waals surface area contributed by atoms with E-state index >= 15 is 0 Å². The molecule has 4 rings (SSSR count). The van der Waals surface area contributed by atoms with Crippen molar-refractivity contribution >= 4 is 29.7 Å². The molecule has 0 bridgehead atoms. The average molecular weight is 329 g/mol. The number of fused-ring (bicyclic) bond motifs is 1. The van der Waals surface area contributed by atoms with E-state index in [0.717, 1.165) is 16.7 Å². The molecule has 0 aliphatic carbocycles. The maximum absolute atomic E-state index is 6.50. The molecule has 0 saturated carbocycles. The van der Waals surface area contributed by atoms with Crippen LogP contribution in [0.1, 0.15) is 0 Å². The summed E-state index contributed by atoms with van der Waals surface area (Å²) in [5.74, 6) is 0.826. The van der Waals surface area contributed by atoms with Crippen molar-refractivity contribution in [2.75, 3.05) is 0 Å². The van der Waals surface area contributed by atoms with Crippen LogP contribution in [0, 0.1) is 0 Å². The van der Waals surface area contributed by atoms with E-state index in [1.165, 1.54) is 10.6 Å². The molecule has 0 fully saturated rings. The predicted octanol–water partition coefficient (Wildman–Crippen LogP) is 4.66. The smallest absolute Gasteiger partial charge is 0.150 e. The quantitative estimate of drug-likeness (QED) is 0.508. The predicted molar refractivity (Wildman–Crippen MR) is 101 cm³/mol. The van der Waals surface area contributed by atoms with Crippen LogP contribution in [-0.4, -0.2) is 4.98 Å². The summed E-state index contributed by atoms with van der Waals surface area (Å²) in [7, 11) is -0.940. The van der Waals surface area contributed by atoms with E-state index in [-0.39, 0.29) is 0 Å². The zero-order valence-corrected chi connectivity index (χ0v) is 13.9. The molecule has 0 saturated heterocycles. The highest BCUT2D eigenvalue weighted by atomic mass is 31.1. The summed E-state index contributed by atoms with van der Waals surface area (Å²) in [6.07, 6.45) is 1.81. The van der Waals surface area contributed by atoms with Crippen LogP contribution in [0.4, 0.5) is 0 Å². The number of hydrogen-bond donors (Lipinski definition) is 0. The second-order valence-corrected chi connectivity index (χ2v) is 7.19. The zero-order valence-electron chi connectivity index (χ0n) is 13.0. The van der Waals surface area contributed by atoms with Gasteiger partial charge in [0.1, 0.15) is 5.52 Å². The van der Waals surface area contributed by atoms with E-state index in [1.807, 2.05) is 36.5 Å². The van der Waals surface area contributed by atoms with E-state index < -0.39 is 8.15 Å². The van der Waals surface area contributed by atoms with E-state index in [9.17, 15) is 0 Å². The summed E-state index contributed by atoms with van der Waals surface area (Å²) in [6.45, 7) is 0. The fourth-order valence-corrected chi connectivity index (χ4v) is 4.37. The van der Waals surface area contributed by atoms with Gasteiger partial charge in [-0.2, -0.15) is 0 Å². The highest BCUT2D eigenvalue weighted by molar-refractivity contribution is 7.68. The summed E-state index contributed by atoms with van der Waals surface area (Å²) >= 11 is 0. The van der Waals surface area contributed by atoms with Crippen molar-refractivity contribution in [2.45, 2.75) is 0 Å². The summed E-state index contributed by atoms with van der Waals surface area (Å²) in [5.41, 5.74) is 0.902. The monoisotopic (exact) mass is 329 g/mol. The molecule has 1 aromatic heterocycles. The zero-order chi connectivity index (χ0) is 16.2. The third-order valence-electron chi connectivity index (χ3n) is 3.77. The van der Waals surface area contributed by atoms with Crippen molar-refractivity contribution in [1.82, 2.24) is 4.98 Å². The van der Waals surface area contributed by atoms with Gasteiger partial charge in [-0.25, -0.2) is 0 Å². The molecule has 0 radical (unpaired) electrons. The van der Waals surface area contributed by atoms with Gasteiger partial charge in [-0.15, -0.1) is 0 Å². The van der Waals surface area contributed by atoms with Crippen LogP contribution in [-0.2, 0) is 0 Å². The Hall–Kier alpha value is -2.70. The molecule has 0 unspecified atom stereocenters. The fourth-order valence-electron chi connectivity index (χ4n) is 2.63. The van der Waals surface area contributed by atoms with E-state index in [1.54, 1.807) is 0 Å². The molecular weight excluding hydrogens is 313 g/mol. The van der Waals surface area contributed by atoms with Gasteiger partial charge in [0.05, 0.1) is 0 Å². The van der Waals surface area contributed by atoms with Crippen molar-refractivity contribution in [3.05, 3.63) is 97.2 Å². The van der Waals surface area contributed by atoms with Crippen LogP contribution in [0.3, 0.4) is 0 Å². The highest BCUT2D eigenvalue weighted by Gasteiger charge is 2.18. The van der Waals surface area contributed by atoms with Gasteiger partial charge in [-0.05, 0) is 12.1 Å². The lowest BCUT2D eigenvalue weighted by Gasteiger charge is -2.20. The molecule has 2 nitrogen and oxygen atoms in total. The van der Waals surface area contributed by atoms with Crippen LogP contribution >= 0.6 is 8.15 Å². The van der Waals surface area contributed by atoms with Gasteiger partial charge in [0.2, 0.25) is 0 Å². The Morgan fingerprint density at radius 3 is 1.92 bits per heavy atom. The number of nitrogens with zero attached hydrogens (tertiary/aromatic N) is 1. The third-order valence-corrected chi connectivity index (χ3v) is 5.68. The van der Waals surface area contributed by atoms with E-state index in [4.69, 9.17) is 4.52 Å². The molecule has 0 amide bonds. The van der Waals surface area contributed by atoms with Crippen molar-refractivity contribution in [2.24, 2.45) is 0 Å². The van der Waals surface area contributed by atoms with Gasteiger partial charge in [0, 0.05) is 22.2 Å². The minimum Gasteiger partial charge on any atom is -0.462 e. The van der Waals surface area contributed by atoms with Gasteiger partial charge in [-0.1, -0.05) is 78.9 Å². The van der Waals surface area contributed by atoms with E-state index in [2.05, 4.69) is 65.6 Å². The van der Waals surface area contributed by atoms with Crippen molar-refractivity contribution < 1.29 is 4.52 Å². The molecule has 0 atom stereocenters. The Bertz CT molecular complexity index is 896. The molecule has 116 valence electrons. The Balaban J connectivity index is 1.80. The second kappa shape index (κ2) is 6.82. The summed E-state index contributed by atoms with van der Waals surface area (Å²) in [4.78, 5) is 4.51. The first-order valence-electron chi connectivity index (χ1n) is 7.84. The standard InChI is InChI=1S/C21H16NOP/c1-3-11-18(12-4-1)24(19-13-5-2-6-14-19)23-20-15-7-9-17-10-8-16-22-21(17)20/h1-16H. The largest absolute Gasteiger partial charge is 0.462 e. The summed E-state index contributed by atoms with van der Waals surface area (Å²) in [6, 6.07) is 30.8. The van der Waals surface area contributed by atoms with Gasteiger partial charge < -0.3 is 4.52 Å². The van der Waals surface area contributed by atoms with Gasteiger partial charge in [0.25, 0.3) is 0 Å². The minimum atomic E-state index is -0.940. The van der Waals surface area contributed by atoms with Gasteiger partial charge in [0.15, 0.2) is 13.9 Å². The summed E-state index contributed by atoms with van der Waals surface area (Å²) < 4.78 is 6.50. The Kier molecular flexibility index (Phi) is 4.22. The highest BCUT2D eigenvalue weighted by Crippen LogP contribution is 2.38. The number of aromatic nitrogens is 1. The molecule has 0 aliphatic rings. The molecular formula is C21H16NOP. The van der Waals surface area contributed by atoms with Crippen LogP contribution in [0.5, 0.6) is 5.75 Å². The van der Waals surface area contributed by atoms with Gasteiger partial charge in [-0.3, -0.25) is 4.98 Å². The van der Waals surface area contributed by atoms with Crippen LogP contribution in [0.15, 0.2) is 97.2 Å². The normalized spacial score (nSPS) is 10.9. The first kappa shape index (κ1) is 14.9. The maximum atomic E-state index is 6.50. The van der Waals surface area contributed by atoms with Gasteiger partial charge >= 0.3 is 0 Å². The molecule has 0 spiro atoms. The minimum absolute atomic E-state index is 0.826. The number of para-hydroxylation sites is 1. The van der Waals surface area contributed by atoms with Crippen molar-refractivity contribution in [3.63, 3.8) is 0 Å². The number of rotatable bonds is 4. The number of hydrogen-bond acceptors (Lipinski definition) is 2. The lowest BCUT2D eigenvalue weighted by atomic mass is 10.2. The summed E-state index contributed by atoms with van der Waals surface area (Å²) in [5, 5.41) is 3.46. The Labute approximate surface area is 142 Å². The van der Waals surface area contributed by atoms with Crippen molar-refractivity contribution in [1.29, 1.82) is 0 Å². The molecule has 24 heavy (non-hydrogen) atoms. The van der Waals surface area contributed by atoms with Crippen LogP contribution < -0.4 is 15.1 Å². The topological polar surface area (TPSA) is 22.1 Å². The SMILES string of the molecule is c1ccc(P(Oc2cccc3cccnc23)c2ccccc2)cc1. The first-order valence-corrected chi connectivity index (χ1v) is 9.10.